The maximum atomic E-state index is 8.89. The van der Waals surface area contributed by atoms with Gasteiger partial charge in [-0.25, -0.2) is 0 Å². The molecular weight excluding hydrogens is 216 g/mol. The monoisotopic (exact) mass is 240 g/mol. The maximum absolute atomic E-state index is 8.89. The van der Waals surface area contributed by atoms with Crippen LogP contribution in [0.2, 0.25) is 0 Å². The molecule has 17 heavy (non-hydrogen) atoms. The van der Waals surface area contributed by atoms with E-state index in [4.69, 9.17) is 9.52 Å². The summed E-state index contributed by atoms with van der Waals surface area (Å²) in [5.41, 5.74) is 0. The standard InChI is InChI=1S/C13H24N2O2/c1-10(2)13(15(3)4)8-14-7-11-5-6-12(9-16)17-11/h5-6,10,13-14,16H,7-9H2,1-4H3. The molecule has 0 amide bonds. The van der Waals surface area contributed by atoms with E-state index >= 15 is 0 Å². The Morgan fingerprint density at radius 3 is 2.41 bits per heavy atom. The van der Waals surface area contributed by atoms with Crippen LogP contribution in [0.4, 0.5) is 0 Å². The Bertz CT molecular complexity index is 313. The minimum Gasteiger partial charge on any atom is -0.462 e. The molecule has 0 radical (unpaired) electrons. The van der Waals surface area contributed by atoms with Gasteiger partial charge in [0.05, 0.1) is 6.54 Å². The fourth-order valence-electron chi connectivity index (χ4n) is 1.96. The number of likely N-dealkylation sites (N-methyl/N-ethyl adjacent to an activating group) is 1. The molecule has 0 fully saturated rings. The zero-order valence-electron chi connectivity index (χ0n) is 11.2. The van der Waals surface area contributed by atoms with E-state index in [0.29, 0.717) is 24.3 Å². The van der Waals surface area contributed by atoms with E-state index in [1.807, 2.05) is 12.1 Å². The number of aliphatic hydroxyl groups is 1. The summed E-state index contributed by atoms with van der Waals surface area (Å²) in [7, 11) is 4.20. The molecule has 4 heteroatoms. The van der Waals surface area contributed by atoms with Gasteiger partial charge in [0, 0.05) is 12.6 Å². The highest BCUT2D eigenvalue weighted by Gasteiger charge is 2.15. The molecule has 0 spiro atoms. The maximum Gasteiger partial charge on any atom is 0.129 e. The molecule has 1 aromatic heterocycles. The summed E-state index contributed by atoms with van der Waals surface area (Å²) in [6, 6.07) is 4.23. The molecule has 0 saturated heterocycles. The van der Waals surface area contributed by atoms with Gasteiger partial charge in [-0.2, -0.15) is 0 Å². The average molecular weight is 240 g/mol. The first-order valence-electron chi connectivity index (χ1n) is 6.10. The van der Waals surface area contributed by atoms with Gasteiger partial charge in [-0.05, 0) is 32.1 Å². The van der Waals surface area contributed by atoms with Gasteiger partial charge < -0.3 is 19.7 Å². The molecule has 1 unspecified atom stereocenters. The molecular formula is C13H24N2O2. The van der Waals surface area contributed by atoms with Crippen molar-refractivity contribution in [2.24, 2.45) is 5.92 Å². The highest BCUT2D eigenvalue weighted by molar-refractivity contribution is 5.06. The van der Waals surface area contributed by atoms with Crippen molar-refractivity contribution in [3.8, 4) is 0 Å². The van der Waals surface area contributed by atoms with E-state index in [2.05, 4.69) is 38.2 Å². The van der Waals surface area contributed by atoms with Gasteiger partial charge in [0.25, 0.3) is 0 Å². The Labute approximate surface area is 104 Å². The lowest BCUT2D eigenvalue weighted by molar-refractivity contribution is 0.220. The van der Waals surface area contributed by atoms with Gasteiger partial charge in [-0.15, -0.1) is 0 Å². The first-order chi connectivity index (χ1) is 8.04. The molecule has 1 heterocycles. The summed E-state index contributed by atoms with van der Waals surface area (Å²) in [6.45, 7) is 6.05. The third kappa shape index (κ3) is 4.50. The van der Waals surface area contributed by atoms with Crippen molar-refractivity contribution in [2.45, 2.75) is 33.0 Å². The second-order valence-corrected chi connectivity index (χ2v) is 4.93. The van der Waals surface area contributed by atoms with Crippen LogP contribution in [0.5, 0.6) is 0 Å². The number of aliphatic hydroxyl groups excluding tert-OH is 1. The number of hydrogen-bond donors (Lipinski definition) is 2. The van der Waals surface area contributed by atoms with Crippen LogP contribution >= 0.6 is 0 Å². The van der Waals surface area contributed by atoms with Crippen LogP contribution in [0.15, 0.2) is 16.5 Å². The van der Waals surface area contributed by atoms with Crippen molar-refractivity contribution < 1.29 is 9.52 Å². The van der Waals surface area contributed by atoms with Crippen molar-refractivity contribution in [1.82, 2.24) is 10.2 Å². The predicted molar refractivity (Wildman–Crippen MR) is 68.7 cm³/mol. The second kappa shape index (κ2) is 6.79. The Kier molecular flexibility index (Phi) is 5.68. The average Bonchev–Trinajstić information content (AvgIpc) is 2.71. The van der Waals surface area contributed by atoms with Crippen LogP contribution in [0.1, 0.15) is 25.4 Å². The lowest BCUT2D eigenvalue weighted by atomic mass is 10.0. The number of nitrogens with one attached hydrogen (secondary N) is 1. The van der Waals surface area contributed by atoms with Gasteiger partial charge in [-0.1, -0.05) is 13.8 Å². The molecule has 0 aliphatic heterocycles. The van der Waals surface area contributed by atoms with Crippen molar-refractivity contribution >= 4 is 0 Å². The summed E-state index contributed by atoms with van der Waals surface area (Å²) >= 11 is 0. The van der Waals surface area contributed by atoms with Gasteiger partial charge in [-0.3, -0.25) is 0 Å². The minimum atomic E-state index is -0.0354. The topological polar surface area (TPSA) is 48.6 Å². The van der Waals surface area contributed by atoms with Crippen LogP contribution in [0.25, 0.3) is 0 Å². The zero-order chi connectivity index (χ0) is 12.8. The Morgan fingerprint density at radius 1 is 1.29 bits per heavy atom. The summed E-state index contributed by atoms with van der Waals surface area (Å²) in [6.07, 6.45) is 0. The molecule has 1 atom stereocenters. The van der Waals surface area contributed by atoms with E-state index < -0.39 is 0 Å². The van der Waals surface area contributed by atoms with E-state index in [0.717, 1.165) is 12.3 Å². The van der Waals surface area contributed by atoms with Gasteiger partial charge in [0.1, 0.15) is 18.1 Å². The molecule has 2 N–H and O–H groups in total. The van der Waals surface area contributed by atoms with Crippen LogP contribution in [-0.4, -0.2) is 36.7 Å². The summed E-state index contributed by atoms with van der Waals surface area (Å²) in [4.78, 5) is 2.24. The van der Waals surface area contributed by atoms with Crippen LogP contribution in [0, 0.1) is 5.92 Å². The lowest BCUT2D eigenvalue weighted by Crippen LogP contribution is -2.41. The summed E-state index contributed by atoms with van der Waals surface area (Å²) in [5.74, 6) is 2.10. The second-order valence-electron chi connectivity index (χ2n) is 4.93. The lowest BCUT2D eigenvalue weighted by Gasteiger charge is -2.28. The molecule has 0 bridgehead atoms. The van der Waals surface area contributed by atoms with Crippen molar-refractivity contribution in [3.63, 3.8) is 0 Å². The third-order valence-corrected chi connectivity index (χ3v) is 2.96. The van der Waals surface area contributed by atoms with Crippen LogP contribution < -0.4 is 5.32 Å². The molecule has 98 valence electrons. The molecule has 1 rings (SSSR count). The number of furan rings is 1. The van der Waals surface area contributed by atoms with Crippen molar-refractivity contribution in [3.05, 3.63) is 23.7 Å². The number of nitrogens with zero attached hydrogens (tertiary/aromatic N) is 1. The first-order valence-corrected chi connectivity index (χ1v) is 6.10. The number of hydrogen-bond acceptors (Lipinski definition) is 4. The Morgan fingerprint density at radius 2 is 1.94 bits per heavy atom. The molecule has 1 aromatic rings. The Balaban J connectivity index is 2.35. The van der Waals surface area contributed by atoms with Crippen molar-refractivity contribution in [1.29, 1.82) is 0 Å². The summed E-state index contributed by atoms with van der Waals surface area (Å²) < 4.78 is 5.41. The predicted octanol–water partition coefficient (Wildman–Crippen LogP) is 1.45. The minimum absolute atomic E-state index is 0.0354. The molecule has 0 aromatic carbocycles. The van der Waals surface area contributed by atoms with E-state index in [9.17, 15) is 0 Å². The molecule has 0 aliphatic carbocycles. The SMILES string of the molecule is CC(C)C(CNCc1ccc(CO)o1)N(C)C. The van der Waals surface area contributed by atoms with Gasteiger partial charge in [0.15, 0.2) is 0 Å². The fraction of sp³-hybridized carbons (Fsp3) is 0.692. The molecule has 4 nitrogen and oxygen atoms in total. The first kappa shape index (κ1) is 14.2. The normalized spacial score (nSPS) is 13.6. The number of rotatable bonds is 7. The van der Waals surface area contributed by atoms with Crippen LogP contribution in [-0.2, 0) is 13.2 Å². The highest BCUT2D eigenvalue weighted by atomic mass is 16.4. The van der Waals surface area contributed by atoms with Crippen molar-refractivity contribution in [2.75, 3.05) is 20.6 Å². The van der Waals surface area contributed by atoms with Gasteiger partial charge >= 0.3 is 0 Å². The smallest absolute Gasteiger partial charge is 0.129 e. The van der Waals surface area contributed by atoms with Gasteiger partial charge in [0.2, 0.25) is 0 Å². The van der Waals surface area contributed by atoms with E-state index in [-0.39, 0.29) is 6.61 Å². The quantitative estimate of drug-likeness (QED) is 0.757. The highest BCUT2D eigenvalue weighted by Crippen LogP contribution is 2.09. The largest absolute Gasteiger partial charge is 0.462 e. The fourth-order valence-corrected chi connectivity index (χ4v) is 1.96. The zero-order valence-corrected chi connectivity index (χ0v) is 11.2. The summed E-state index contributed by atoms with van der Waals surface area (Å²) in [5, 5.41) is 12.3. The third-order valence-electron chi connectivity index (χ3n) is 2.96. The molecule has 0 saturated carbocycles. The van der Waals surface area contributed by atoms with Crippen LogP contribution in [0.3, 0.4) is 0 Å². The van der Waals surface area contributed by atoms with E-state index in [1.54, 1.807) is 0 Å². The molecule has 0 aliphatic rings. The van der Waals surface area contributed by atoms with E-state index in [1.165, 1.54) is 0 Å². The Hall–Kier alpha value is -0.840.